The van der Waals surface area contributed by atoms with Crippen molar-refractivity contribution in [3.63, 3.8) is 0 Å². The number of amides is 2. The number of halogens is 1. The molecule has 3 rings (SSSR count). The molecule has 29 heavy (non-hydrogen) atoms. The first-order valence-corrected chi connectivity index (χ1v) is 10.1. The van der Waals surface area contributed by atoms with Gasteiger partial charge in [-0.3, -0.25) is 9.59 Å². The van der Waals surface area contributed by atoms with Gasteiger partial charge in [-0.1, -0.05) is 43.6 Å². The molecule has 152 valence electrons. The molecule has 1 unspecified atom stereocenters. The van der Waals surface area contributed by atoms with E-state index < -0.39 is 6.04 Å². The Bertz CT molecular complexity index is 1010. The molecule has 0 fully saturated rings. The van der Waals surface area contributed by atoms with Gasteiger partial charge in [-0.05, 0) is 55.2 Å². The molecule has 0 saturated carbocycles. The Labute approximate surface area is 175 Å². The molecule has 6 heteroatoms. The van der Waals surface area contributed by atoms with Gasteiger partial charge in [0.15, 0.2) is 0 Å². The number of hydrogen-bond acceptors (Lipinski definition) is 2. The van der Waals surface area contributed by atoms with E-state index in [4.69, 9.17) is 11.6 Å². The van der Waals surface area contributed by atoms with Crippen molar-refractivity contribution < 1.29 is 9.59 Å². The molecule has 0 bridgehead atoms. The zero-order valence-electron chi connectivity index (χ0n) is 16.9. The summed E-state index contributed by atoms with van der Waals surface area (Å²) in [4.78, 5) is 28.6. The molecule has 1 aromatic heterocycles. The third kappa shape index (κ3) is 4.98. The van der Waals surface area contributed by atoms with Crippen molar-refractivity contribution in [1.29, 1.82) is 0 Å². The van der Waals surface area contributed by atoms with Gasteiger partial charge < -0.3 is 15.6 Å². The molecule has 0 spiro atoms. The van der Waals surface area contributed by atoms with Crippen LogP contribution in [0.15, 0.2) is 48.5 Å². The van der Waals surface area contributed by atoms with E-state index in [1.54, 1.807) is 24.3 Å². The van der Waals surface area contributed by atoms with E-state index in [2.05, 4.69) is 21.7 Å². The molecule has 3 aromatic rings. The van der Waals surface area contributed by atoms with Crippen molar-refractivity contribution in [3.8, 4) is 0 Å². The predicted octanol–water partition coefficient (Wildman–Crippen LogP) is 4.24. The minimum atomic E-state index is -0.609. The Morgan fingerprint density at radius 2 is 1.76 bits per heavy atom. The molecule has 3 N–H and O–H groups in total. The Kier molecular flexibility index (Phi) is 6.60. The van der Waals surface area contributed by atoms with Crippen molar-refractivity contribution in [2.45, 2.75) is 33.2 Å². The first-order chi connectivity index (χ1) is 13.9. The Hall–Kier alpha value is -2.79. The van der Waals surface area contributed by atoms with Crippen molar-refractivity contribution in [2.75, 3.05) is 6.54 Å². The zero-order valence-corrected chi connectivity index (χ0v) is 17.6. The van der Waals surface area contributed by atoms with Crippen LogP contribution in [-0.2, 0) is 11.2 Å². The molecule has 0 aliphatic carbocycles. The summed E-state index contributed by atoms with van der Waals surface area (Å²) < 4.78 is 0. The average molecular weight is 412 g/mol. The molecule has 0 saturated heterocycles. The second-order valence-corrected chi connectivity index (χ2v) is 7.95. The zero-order chi connectivity index (χ0) is 21.0. The number of benzene rings is 2. The highest BCUT2D eigenvalue weighted by molar-refractivity contribution is 6.30. The average Bonchev–Trinajstić information content (AvgIpc) is 3.01. The van der Waals surface area contributed by atoms with Crippen LogP contribution in [0.5, 0.6) is 0 Å². The SMILES string of the molecule is Cc1[nH]c2ccccc2c1CCNC(=O)C(NC(=O)c1ccc(Cl)cc1)C(C)C. The van der Waals surface area contributed by atoms with Crippen LogP contribution < -0.4 is 10.6 Å². The highest BCUT2D eigenvalue weighted by Crippen LogP contribution is 2.22. The maximum absolute atomic E-state index is 12.7. The van der Waals surface area contributed by atoms with Crippen molar-refractivity contribution in [2.24, 2.45) is 5.92 Å². The highest BCUT2D eigenvalue weighted by atomic mass is 35.5. The number of carbonyl (C=O) groups is 2. The number of hydrogen-bond donors (Lipinski definition) is 3. The maximum Gasteiger partial charge on any atom is 0.251 e. The summed E-state index contributed by atoms with van der Waals surface area (Å²) >= 11 is 5.87. The van der Waals surface area contributed by atoms with Crippen LogP contribution >= 0.6 is 11.6 Å². The maximum atomic E-state index is 12.7. The second kappa shape index (κ2) is 9.14. The first kappa shape index (κ1) is 20.9. The topological polar surface area (TPSA) is 74.0 Å². The van der Waals surface area contributed by atoms with E-state index in [1.807, 2.05) is 39.0 Å². The Morgan fingerprint density at radius 3 is 2.45 bits per heavy atom. The fourth-order valence-electron chi connectivity index (χ4n) is 3.44. The lowest BCUT2D eigenvalue weighted by Crippen LogP contribution is -2.50. The molecule has 0 aliphatic rings. The summed E-state index contributed by atoms with van der Waals surface area (Å²) in [6.45, 7) is 6.37. The minimum Gasteiger partial charge on any atom is -0.358 e. The van der Waals surface area contributed by atoms with Gasteiger partial charge >= 0.3 is 0 Å². The number of nitrogens with one attached hydrogen (secondary N) is 3. The van der Waals surface area contributed by atoms with Crippen LogP contribution in [0, 0.1) is 12.8 Å². The molecule has 0 radical (unpaired) electrons. The van der Waals surface area contributed by atoms with E-state index in [1.165, 1.54) is 10.9 Å². The number of rotatable bonds is 7. The van der Waals surface area contributed by atoms with Crippen LogP contribution in [0.25, 0.3) is 10.9 Å². The van der Waals surface area contributed by atoms with Crippen LogP contribution in [0.1, 0.15) is 35.5 Å². The quantitative estimate of drug-likeness (QED) is 0.544. The van der Waals surface area contributed by atoms with Gasteiger partial charge in [-0.2, -0.15) is 0 Å². The number of H-pyrrole nitrogens is 1. The van der Waals surface area contributed by atoms with E-state index in [9.17, 15) is 9.59 Å². The summed E-state index contributed by atoms with van der Waals surface area (Å²) in [7, 11) is 0. The molecule has 0 aliphatic heterocycles. The molecular formula is C23H26ClN3O2. The largest absolute Gasteiger partial charge is 0.358 e. The van der Waals surface area contributed by atoms with Gasteiger partial charge in [0.25, 0.3) is 5.91 Å². The third-order valence-corrected chi connectivity index (χ3v) is 5.30. The van der Waals surface area contributed by atoms with Gasteiger partial charge in [-0.25, -0.2) is 0 Å². The minimum absolute atomic E-state index is 0.0407. The normalized spacial score (nSPS) is 12.2. The summed E-state index contributed by atoms with van der Waals surface area (Å²) in [6, 6.07) is 14.1. The predicted molar refractivity (Wildman–Crippen MR) is 117 cm³/mol. The number of fused-ring (bicyclic) bond motifs is 1. The fraction of sp³-hybridized carbons (Fsp3) is 0.304. The van der Waals surface area contributed by atoms with E-state index in [0.29, 0.717) is 17.1 Å². The molecule has 2 amide bonds. The van der Waals surface area contributed by atoms with Crippen LogP contribution in [-0.4, -0.2) is 29.4 Å². The number of carbonyl (C=O) groups excluding carboxylic acids is 2. The molecule has 5 nitrogen and oxygen atoms in total. The van der Waals surface area contributed by atoms with E-state index in [0.717, 1.165) is 17.6 Å². The summed E-state index contributed by atoms with van der Waals surface area (Å²) in [5.74, 6) is -0.510. The summed E-state index contributed by atoms with van der Waals surface area (Å²) in [5, 5.41) is 7.55. The molecule has 1 atom stereocenters. The molecular weight excluding hydrogens is 386 g/mol. The summed E-state index contributed by atoms with van der Waals surface area (Å²) in [6.07, 6.45) is 0.720. The Balaban J connectivity index is 1.61. The van der Waals surface area contributed by atoms with Gasteiger partial charge in [0, 0.05) is 33.7 Å². The fourth-order valence-corrected chi connectivity index (χ4v) is 3.56. The van der Waals surface area contributed by atoms with Gasteiger partial charge in [0.05, 0.1) is 0 Å². The van der Waals surface area contributed by atoms with Gasteiger partial charge in [0.2, 0.25) is 5.91 Å². The number of aryl methyl sites for hydroxylation is 1. The van der Waals surface area contributed by atoms with E-state index >= 15 is 0 Å². The number of aromatic amines is 1. The summed E-state index contributed by atoms with van der Waals surface area (Å²) in [5.41, 5.74) is 3.88. The standard InChI is InChI=1S/C23H26ClN3O2/c1-14(2)21(27-22(28)16-8-10-17(24)11-9-16)23(29)25-13-12-18-15(3)26-20-7-5-4-6-19(18)20/h4-11,14,21,26H,12-13H2,1-3H3,(H,25,29)(H,27,28). The van der Waals surface area contributed by atoms with Gasteiger partial charge in [-0.15, -0.1) is 0 Å². The van der Waals surface area contributed by atoms with Crippen LogP contribution in [0.4, 0.5) is 0 Å². The lowest BCUT2D eigenvalue weighted by molar-refractivity contribution is -0.123. The van der Waals surface area contributed by atoms with Crippen molar-refractivity contribution in [3.05, 3.63) is 70.4 Å². The van der Waals surface area contributed by atoms with Crippen LogP contribution in [0.3, 0.4) is 0 Å². The lowest BCUT2D eigenvalue weighted by Gasteiger charge is -2.22. The second-order valence-electron chi connectivity index (χ2n) is 7.52. The van der Waals surface area contributed by atoms with Gasteiger partial charge in [0.1, 0.15) is 6.04 Å². The molecule has 2 aromatic carbocycles. The Morgan fingerprint density at radius 1 is 1.07 bits per heavy atom. The number of para-hydroxylation sites is 1. The number of aromatic nitrogens is 1. The monoisotopic (exact) mass is 411 g/mol. The van der Waals surface area contributed by atoms with E-state index in [-0.39, 0.29) is 17.7 Å². The lowest BCUT2D eigenvalue weighted by atomic mass is 10.0. The van der Waals surface area contributed by atoms with Crippen molar-refractivity contribution >= 4 is 34.3 Å². The highest BCUT2D eigenvalue weighted by Gasteiger charge is 2.24. The van der Waals surface area contributed by atoms with Crippen molar-refractivity contribution in [1.82, 2.24) is 15.6 Å². The van der Waals surface area contributed by atoms with Crippen LogP contribution in [0.2, 0.25) is 5.02 Å². The molecule has 1 heterocycles. The first-order valence-electron chi connectivity index (χ1n) is 9.77. The third-order valence-electron chi connectivity index (χ3n) is 5.04. The smallest absolute Gasteiger partial charge is 0.251 e.